The predicted octanol–water partition coefficient (Wildman–Crippen LogP) is 5.66. The van der Waals surface area contributed by atoms with Crippen molar-refractivity contribution in [2.24, 2.45) is 5.92 Å². The molecule has 1 N–H and O–H groups in total. The molecule has 0 amide bonds. The molecule has 2 aromatic rings. The van der Waals surface area contributed by atoms with E-state index in [1.165, 1.54) is 24.1 Å². The van der Waals surface area contributed by atoms with Crippen LogP contribution in [-0.4, -0.2) is 56.1 Å². The van der Waals surface area contributed by atoms with E-state index in [0.29, 0.717) is 11.5 Å². The molecule has 0 aromatic heterocycles. The van der Waals surface area contributed by atoms with Crippen molar-refractivity contribution in [1.82, 2.24) is 4.90 Å². The highest BCUT2D eigenvalue weighted by Gasteiger charge is 2.40. The van der Waals surface area contributed by atoms with Gasteiger partial charge in [0.1, 0.15) is 11.6 Å². The monoisotopic (exact) mass is 543 g/mol. The summed E-state index contributed by atoms with van der Waals surface area (Å²) in [4.78, 5) is 18.6. The number of ketones is 1. The lowest BCUT2D eigenvalue weighted by Crippen LogP contribution is -2.60. The summed E-state index contributed by atoms with van der Waals surface area (Å²) < 4.78 is 20.3. The Morgan fingerprint density at radius 3 is 2.57 bits per heavy atom. The smallest absolute Gasteiger partial charge is 0.155 e. The van der Waals surface area contributed by atoms with Gasteiger partial charge in [0.2, 0.25) is 0 Å². The second-order valence-electron chi connectivity index (χ2n) is 10.1. The SMILES string of the molecule is COc1cc(F)ccc1N1CCN(C(C(=O)C2CCCCC2)C2CCc3cc(Br)ccc3N2)CC1. The highest BCUT2D eigenvalue weighted by atomic mass is 79.9. The number of methoxy groups -OCH3 is 1. The molecule has 1 aliphatic carbocycles. The first-order valence-corrected chi connectivity index (χ1v) is 13.7. The van der Waals surface area contributed by atoms with Crippen LogP contribution in [0.3, 0.4) is 0 Å². The number of nitrogens with zero attached hydrogens (tertiary/aromatic N) is 2. The van der Waals surface area contributed by atoms with E-state index < -0.39 is 0 Å². The summed E-state index contributed by atoms with van der Waals surface area (Å²) in [7, 11) is 1.58. The largest absolute Gasteiger partial charge is 0.494 e. The lowest BCUT2D eigenvalue weighted by molar-refractivity contribution is -0.130. The van der Waals surface area contributed by atoms with Crippen LogP contribution in [0.15, 0.2) is 40.9 Å². The Kier molecular flexibility index (Phi) is 7.63. The maximum atomic E-state index is 14.0. The second kappa shape index (κ2) is 10.9. The molecule has 2 atom stereocenters. The lowest BCUT2D eigenvalue weighted by atomic mass is 9.80. The third kappa shape index (κ3) is 5.36. The molecule has 5 rings (SSSR count). The van der Waals surface area contributed by atoms with Gasteiger partial charge < -0.3 is 15.0 Å². The molecule has 0 radical (unpaired) electrons. The lowest BCUT2D eigenvalue weighted by Gasteiger charge is -2.45. The van der Waals surface area contributed by atoms with Gasteiger partial charge in [-0.15, -0.1) is 0 Å². The fourth-order valence-corrected chi connectivity index (χ4v) is 6.55. The number of carbonyl (C=O) groups excluding carboxylic acids is 1. The summed E-state index contributed by atoms with van der Waals surface area (Å²) in [6.45, 7) is 3.17. The Hall–Kier alpha value is -2.12. The molecule has 2 unspecified atom stereocenters. The summed E-state index contributed by atoms with van der Waals surface area (Å²) >= 11 is 3.59. The maximum absolute atomic E-state index is 14.0. The number of hydrogen-bond donors (Lipinski definition) is 1. The number of piperazine rings is 1. The maximum Gasteiger partial charge on any atom is 0.155 e. The van der Waals surface area contributed by atoms with E-state index >= 15 is 0 Å². The van der Waals surface area contributed by atoms with Crippen molar-refractivity contribution in [2.75, 3.05) is 43.5 Å². The number of aryl methyl sites for hydroxylation is 1. The van der Waals surface area contributed by atoms with E-state index in [2.05, 4.69) is 49.2 Å². The number of anilines is 2. The molecule has 3 aliphatic rings. The van der Waals surface area contributed by atoms with Crippen LogP contribution in [-0.2, 0) is 11.2 Å². The predicted molar refractivity (Wildman–Crippen MR) is 142 cm³/mol. The number of halogens is 2. The zero-order valence-electron chi connectivity index (χ0n) is 20.4. The van der Waals surface area contributed by atoms with Gasteiger partial charge in [-0.1, -0.05) is 35.2 Å². The fourth-order valence-electron chi connectivity index (χ4n) is 6.14. The van der Waals surface area contributed by atoms with E-state index in [0.717, 1.165) is 80.6 Å². The quantitative estimate of drug-likeness (QED) is 0.509. The number of nitrogens with one attached hydrogen (secondary N) is 1. The molecule has 2 heterocycles. The average molecular weight is 545 g/mol. The van der Waals surface area contributed by atoms with Crippen molar-refractivity contribution in [1.29, 1.82) is 0 Å². The van der Waals surface area contributed by atoms with Gasteiger partial charge in [0.05, 0.1) is 18.8 Å². The Labute approximate surface area is 216 Å². The highest BCUT2D eigenvalue weighted by Crippen LogP contribution is 2.35. The first-order valence-electron chi connectivity index (χ1n) is 12.9. The summed E-state index contributed by atoms with van der Waals surface area (Å²) in [6.07, 6.45) is 7.56. The molecule has 0 spiro atoms. The number of rotatable bonds is 6. The molecule has 1 saturated heterocycles. The van der Waals surface area contributed by atoms with Gasteiger partial charge in [0.25, 0.3) is 0 Å². The average Bonchev–Trinajstić information content (AvgIpc) is 2.89. The Bertz CT molecular complexity index is 1050. The number of carbonyl (C=O) groups is 1. The van der Waals surface area contributed by atoms with Crippen molar-refractivity contribution in [3.05, 3.63) is 52.3 Å². The standard InChI is InChI=1S/C28H35BrFN3O2/c1-35-26-18-22(30)9-12-25(26)32-13-15-33(16-14-32)27(28(34)19-5-3-2-4-6-19)24-10-7-20-17-21(29)8-11-23(20)31-24/h8-9,11-12,17-19,24,27,31H,2-7,10,13-16H2,1H3. The van der Waals surface area contributed by atoms with Crippen LogP contribution < -0.4 is 15.0 Å². The van der Waals surface area contributed by atoms with Gasteiger partial charge in [-0.25, -0.2) is 4.39 Å². The summed E-state index contributed by atoms with van der Waals surface area (Å²) in [5, 5.41) is 3.75. The summed E-state index contributed by atoms with van der Waals surface area (Å²) in [5.74, 6) is 0.871. The third-order valence-electron chi connectivity index (χ3n) is 8.00. The Balaban J connectivity index is 1.35. The summed E-state index contributed by atoms with van der Waals surface area (Å²) in [5.41, 5.74) is 3.38. The van der Waals surface area contributed by atoms with Gasteiger partial charge in [0.15, 0.2) is 5.78 Å². The first-order chi connectivity index (χ1) is 17.0. The van der Waals surface area contributed by atoms with Gasteiger partial charge in [0, 0.05) is 54.4 Å². The molecule has 7 heteroatoms. The third-order valence-corrected chi connectivity index (χ3v) is 8.50. The van der Waals surface area contributed by atoms with Crippen LogP contribution in [0, 0.1) is 11.7 Å². The van der Waals surface area contributed by atoms with Crippen LogP contribution in [0.1, 0.15) is 44.1 Å². The molecule has 0 bridgehead atoms. The van der Waals surface area contributed by atoms with E-state index in [9.17, 15) is 9.18 Å². The minimum Gasteiger partial charge on any atom is -0.494 e. The zero-order chi connectivity index (χ0) is 24.4. The first kappa shape index (κ1) is 24.6. The van der Waals surface area contributed by atoms with Crippen molar-refractivity contribution in [3.63, 3.8) is 0 Å². The molecular weight excluding hydrogens is 509 g/mol. The molecule has 2 aliphatic heterocycles. The number of ether oxygens (including phenoxy) is 1. The van der Waals surface area contributed by atoms with Crippen LogP contribution in [0.25, 0.3) is 0 Å². The fraction of sp³-hybridized carbons (Fsp3) is 0.536. The minimum absolute atomic E-state index is 0.116. The number of benzene rings is 2. The summed E-state index contributed by atoms with van der Waals surface area (Å²) in [6, 6.07) is 11.1. The molecule has 2 aromatic carbocycles. The second-order valence-corrected chi connectivity index (χ2v) is 11.0. The van der Waals surface area contributed by atoms with E-state index in [-0.39, 0.29) is 23.8 Å². The van der Waals surface area contributed by atoms with Gasteiger partial charge >= 0.3 is 0 Å². The molecule has 1 saturated carbocycles. The highest BCUT2D eigenvalue weighted by molar-refractivity contribution is 9.10. The molecular formula is C28H35BrFN3O2. The van der Waals surface area contributed by atoms with E-state index in [4.69, 9.17) is 4.74 Å². The van der Waals surface area contributed by atoms with Gasteiger partial charge in [-0.05, 0) is 61.6 Å². The Morgan fingerprint density at radius 1 is 1.06 bits per heavy atom. The van der Waals surface area contributed by atoms with E-state index in [1.54, 1.807) is 13.2 Å². The normalized spacial score (nSPS) is 22.3. The number of hydrogen-bond acceptors (Lipinski definition) is 5. The van der Waals surface area contributed by atoms with Crippen molar-refractivity contribution < 1.29 is 13.9 Å². The molecule has 188 valence electrons. The number of Topliss-reactive ketones (excluding diaryl/α,β-unsaturated/α-hetero) is 1. The van der Waals surface area contributed by atoms with Crippen LogP contribution in [0.5, 0.6) is 5.75 Å². The van der Waals surface area contributed by atoms with Crippen molar-refractivity contribution >= 4 is 33.1 Å². The Morgan fingerprint density at radius 2 is 1.83 bits per heavy atom. The minimum atomic E-state index is -0.293. The number of fused-ring (bicyclic) bond motifs is 1. The van der Waals surface area contributed by atoms with Crippen LogP contribution in [0.2, 0.25) is 0 Å². The topological polar surface area (TPSA) is 44.8 Å². The van der Waals surface area contributed by atoms with E-state index in [1.807, 2.05) is 0 Å². The molecule has 35 heavy (non-hydrogen) atoms. The van der Waals surface area contributed by atoms with Gasteiger partial charge in [-0.2, -0.15) is 0 Å². The van der Waals surface area contributed by atoms with Crippen molar-refractivity contribution in [2.45, 2.75) is 57.0 Å². The van der Waals surface area contributed by atoms with Crippen LogP contribution >= 0.6 is 15.9 Å². The molecule has 2 fully saturated rings. The van der Waals surface area contributed by atoms with Crippen LogP contribution in [0.4, 0.5) is 15.8 Å². The zero-order valence-corrected chi connectivity index (χ0v) is 22.0. The van der Waals surface area contributed by atoms with Gasteiger partial charge in [-0.3, -0.25) is 9.69 Å². The molecule has 5 nitrogen and oxygen atoms in total. The van der Waals surface area contributed by atoms with Crippen molar-refractivity contribution in [3.8, 4) is 5.75 Å².